The van der Waals surface area contributed by atoms with Gasteiger partial charge in [-0.2, -0.15) is 0 Å². The Balaban J connectivity index is 1.90. The van der Waals surface area contributed by atoms with Crippen molar-refractivity contribution < 1.29 is 9.90 Å². The summed E-state index contributed by atoms with van der Waals surface area (Å²) < 4.78 is 0. The summed E-state index contributed by atoms with van der Waals surface area (Å²) in [6, 6.07) is 5.65. The van der Waals surface area contributed by atoms with E-state index >= 15 is 0 Å². The molecule has 122 valence electrons. The first kappa shape index (κ1) is 17.1. The Bertz CT molecular complexity index is 512. The van der Waals surface area contributed by atoms with Crippen molar-refractivity contribution in [1.29, 1.82) is 0 Å². The van der Waals surface area contributed by atoms with E-state index < -0.39 is 0 Å². The van der Waals surface area contributed by atoms with Gasteiger partial charge in [0.25, 0.3) is 0 Å². The lowest BCUT2D eigenvalue weighted by Crippen LogP contribution is -2.53. The number of urea groups is 1. The quantitative estimate of drug-likeness (QED) is 0.894. The minimum Gasteiger partial charge on any atom is -0.395 e. The van der Waals surface area contributed by atoms with Crippen molar-refractivity contribution in [3.8, 4) is 0 Å². The first-order valence-corrected chi connectivity index (χ1v) is 8.10. The third-order valence-corrected chi connectivity index (χ3v) is 4.48. The molecule has 1 aromatic rings. The Morgan fingerprint density at radius 1 is 1.36 bits per heavy atom. The summed E-state index contributed by atoms with van der Waals surface area (Å²) in [4.78, 5) is 16.3. The predicted molar refractivity (Wildman–Crippen MR) is 89.5 cm³/mol. The Morgan fingerprint density at radius 3 is 2.59 bits per heavy atom. The van der Waals surface area contributed by atoms with E-state index in [1.807, 2.05) is 25.1 Å². The Hall–Kier alpha value is -1.30. The molecule has 1 unspecified atom stereocenters. The lowest BCUT2D eigenvalue weighted by molar-refractivity contribution is 0.0766. The van der Waals surface area contributed by atoms with E-state index in [1.54, 1.807) is 4.90 Å². The van der Waals surface area contributed by atoms with Gasteiger partial charge in [0.15, 0.2) is 0 Å². The van der Waals surface area contributed by atoms with Gasteiger partial charge in [-0.25, -0.2) is 4.79 Å². The highest BCUT2D eigenvalue weighted by Gasteiger charge is 2.25. The number of rotatable bonds is 4. The van der Waals surface area contributed by atoms with Gasteiger partial charge in [-0.05, 0) is 31.0 Å². The number of aliphatic hydroxyl groups excluding tert-OH is 1. The van der Waals surface area contributed by atoms with Crippen molar-refractivity contribution >= 4 is 23.3 Å². The average molecular weight is 326 g/mol. The average Bonchev–Trinajstić information content (AvgIpc) is 2.52. The second kappa shape index (κ2) is 7.81. The summed E-state index contributed by atoms with van der Waals surface area (Å²) in [5.41, 5.74) is 1.70. The minimum atomic E-state index is -0.123. The van der Waals surface area contributed by atoms with Crippen LogP contribution in [0.5, 0.6) is 0 Å². The number of hydrogen-bond donors (Lipinski definition) is 2. The smallest absolute Gasteiger partial charge is 0.321 e. The number of hydrogen-bond acceptors (Lipinski definition) is 3. The van der Waals surface area contributed by atoms with Crippen LogP contribution in [-0.2, 0) is 0 Å². The monoisotopic (exact) mass is 325 g/mol. The molecule has 1 fully saturated rings. The van der Waals surface area contributed by atoms with E-state index in [1.165, 1.54) is 0 Å². The fraction of sp³-hybridized carbons (Fsp3) is 0.562. The summed E-state index contributed by atoms with van der Waals surface area (Å²) in [5, 5.41) is 12.8. The van der Waals surface area contributed by atoms with Gasteiger partial charge in [0.05, 0.1) is 17.3 Å². The van der Waals surface area contributed by atoms with Crippen molar-refractivity contribution in [1.82, 2.24) is 9.80 Å². The van der Waals surface area contributed by atoms with Crippen LogP contribution in [0.3, 0.4) is 0 Å². The number of benzene rings is 1. The number of anilines is 1. The van der Waals surface area contributed by atoms with Gasteiger partial charge < -0.3 is 15.3 Å². The van der Waals surface area contributed by atoms with Crippen LogP contribution < -0.4 is 5.32 Å². The summed E-state index contributed by atoms with van der Waals surface area (Å²) in [7, 11) is 0. The highest BCUT2D eigenvalue weighted by molar-refractivity contribution is 6.33. The van der Waals surface area contributed by atoms with Gasteiger partial charge in [-0.15, -0.1) is 0 Å². The zero-order chi connectivity index (χ0) is 16.1. The maximum absolute atomic E-state index is 12.3. The van der Waals surface area contributed by atoms with E-state index in [-0.39, 0.29) is 18.7 Å². The summed E-state index contributed by atoms with van der Waals surface area (Å²) in [6.45, 7) is 7.09. The number of aliphatic hydroxyl groups is 1. The maximum atomic E-state index is 12.3. The van der Waals surface area contributed by atoms with Gasteiger partial charge in [-0.1, -0.05) is 24.6 Å². The van der Waals surface area contributed by atoms with Gasteiger partial charge >= 0.3 is 6.03 Å². The zero-order valence-corrected chi connectivity index (χ0v) is 13.9. The number of nitrogens with one attached hydrogen (secondary N) is 1. The molecule has 1 atom stereocenters. The van der Waals surface area contributed by atoms with Crippen LogP contribution >= 0.6 is 11.6 Å². The number of nitrogens with zero attached hydrogens (tertiary/aromatic N) is 2. The van der Waals surface area contributed by atoms with E-state index in [0.717, 1.165) is 25.1 Å². The second-order valence-electron chi connectivity index (χ2n) is 5.68. The molecule has 22 heavy (non-hydrogen) atoms. The maximum Gasteiger partial charge on any atom is 0.321 e. The van der Waals surface area contributed by atoms with Crippen LogP contribution in [0.15, 0.2) is 18.2 Å². The molecule has 2 rings (SSSR count). The first-order valence-electron chi connectivity index (χ1n) is 7.72. The molecule has 5 nitrogen and oxygen atoms in total. The van der Waals surface area contributed by atoms with Crippen molar-refractivity contribution in [2.24, 2.45) is 0 Å². The SMILES string of the molecule is CCC(CO)N1CCN(C(=O)Nc2ccc(C)cc2Cl)CC1. The Kier molecular flexibility index (Phi) is 6.06. The summed E-state index contributed by atoms with van der Waals surface area (Å²) in [6.07, 6.45) is 0.918. The molecule has 1 aliphatic heterocycles. The normalized spacial score (nSPS) is 17.4. The van der Waals surface area contributed by atoms with Crippen molar-refractivity contribution in [2.75, 3.05) is 38.1 Å². The van der Waals surface area contributed by atoms with E-state index in [0.29, 0.717) is 23.8 Å². The number of aryl methyl sites for hydroxylation is 1. The van der Waals surface area contributed by atoms with E-state index in [2.05, 4.69) is 17.1 Å². The third kappa shape index (κ3) is 4.12. The van der Waals surface area contributed by atoms with Crippen molar-refractivity contribution in [2.45, 2.75) is 26.3 Å². The summed E-state index contributed by atoms with van der Waals surface area (Å²) >= 11 is 6.15. The highest BCUT2D eigenvalue weighted by atomic mass is 35.5. The molecule has 1 saturated heterocycles. The molecule has 0 aromatic heterocycles. The number of carbonyl (C=O) groups excluding carboxylic acids is 1. The molecule has 0 radical (unpaired) electrons. The molecule has 1 heterocycles. The van der Waals surface area contributed by atoms with Gasteiger partial charge in [0.2, 0.25) is 0 Å². The molecule has 0 bridgehead atoms. The molecular formula is C16H24ClN3O2. The van der Waals surface area contributed by atoms with E-state index in [9.17, 15) is 9.90 Å². The molecule has 2 amide bonds. The third-order valence-electron chi connectivity index (χ3n) is 4.17. The zero-order valence-electron chi connectivity index (χ0n) is 13.2. The van der Waals surface area contributed by atoms with Crippen LogP contribution in [0.25, 0.3) is 0 Å². The number of carbonyl (C=O) groups is 1. The predicted octanol–water partition coefficient (Wildman–Crippen LogP) is 2.57. The fourth-order valence-corrected chi connectivity index (χ4v) is 2.99. The van der Waals surface area contributed by atoms with Gasteiger partial charge in [0, 0.05) is 32.2 Å². The first-order chi connectivity index (χ1) is 10.5. The second-order valence-corrected chi connectivity index (χ2v) is 6.09. The van der Waals surface area contributed by atoms with Crippen molar-refractivity contribution in [3.05, 3.63) is 28.8 Å². The molecule has 0 aliphatic carbocycles. The number of amides is 2. The minimum absolute atomic E-state index is 0.123. The van der Waals surface area contributed by atoms with Crippen LogP contribution in [0.2, 0.25) is 5.02 Å². The van der Waals surface area contributed by atoms with Crippen LogP contribution in [0.4, 0.5) is 10.5 Å². The number of halogens is 1. The van der Waals surface area contributed by atoms with Gasteiger partial charge in [-0.3, -0.25) is 4.90 Å². The molecule has 1 aliphatic rings. The lowest BCUT2D eigenvalue weighted by atomic mass is 10.1. The molecule has 6 heteroatoms. The fourth-order valence-electron chi connectivity index (χ4n) is 2.71. The van der Waals surface area contributed by atoms with Crippen molar-refractivity contribution in [3.63, 3.8) is 0 Å². The largest absolute Gasteiger partial charge is 0.395 e. The molecule has 0 spiro atoms. The van der Waals surface area contributed by atoms with Crippen LogP contribution in [0, 0.1) is 6.92 Å². The van der Waals surface area contributed by atoms with Gasteiger partial charge in [0.1, 0.15) is 0 Å². The molecule has 2 N–H and O–H groups in total. The topological polar surface area (TPSA) is 55.8 Å². The van der Waals surface area contributed by atoms with Crippen LogP contribution in [-0.4, -0.2) is 59.8 Å². The standard InChI is InChI=1S/C16H24ClN3O2/c1-3-13(11-21)19-6-8-20(9-7-19)16(22)18-15-5-4-12(2)10-14(15)17/h4-5,10,13,21H,3,6-9,11H2,1-2H3,(H,18,22). The molecule has 0 saturated carbocycles. The summed E-state index contributed by atoms with van der Waals surface area (Å²) in [5.74, 6) is 0. The Morgan fingerprint density at radius 2 is 2.05 bits per heavy atom. The van der Waals surface area contributed by atoms with E-state index in [4.69, 9.17) is 11.6 Å². The number of piperazine rings is 1. The lowest BCUT2D eigenvalue weighted by Gasteiger charge is -2.38. The van der Waals surface area contributed by atoms with Crippen LogP contribution in [0.1, 0.15) is 18.9 Å². The highest BCUT2D eigenvalue weighted by Crippen LogP contribution is 2.23. The Labute approximate surface area is 136 Å². The molecular weight excluding hydrogens is 302 g/mol. The molecule has 1 aromatic carbocycles.